The van der Waals surface area contributed by atoms with Gasteiger partial charge in [0.15, 0.2) is 12.2 Å². The highest BCUT2D eigenvalue weighted by atomic mass is 16.5. The van der Waals surface area contributed by atoms with E-state index in [4.69, 9.17) is 14.1 Å². The molecular weight excluding hydrogens is 598 g/mol. The Morgan fingerprint density at radius 3 is 2.60 bits per heavy atom. The van der Waals surface area contributed by atoms with Crippen molar-refractivity contribution in [2.24, 2.45) is 5.92 Å². The molecule has 12 nitrogen and oxygen atoms in total. The number of rotatable bonds is 12. The van der Waals surface area contributed by atoms with Crippen molar-refractivity contribution in [2.45, 2.75) is 71.8 Å². The number of aliphatic hydroxyl groups excluding tert-OH is 1. The van der Waals surface area contributed by atoms with Crippen molar-refractivity contribution in [3.8, 4) is 5.75 Å². The van der Waals surface area contributed by atoms with Crippen LogP contribution in [0.5, 0.6) is 5.75 Å². The van der Waals surface area contributed by atoms with Crippen LogP contribution in [0.3, 0.4) is 0 Å². The number of ether oxygens (including phenoxy) is 1. The van der Waals surface area contributed by atoms with Crippen LogP contribution in [0.25, 0.3) is 0 Å². The summed E-state index contributed by atoms with van der Waals surface area (Å²) in [5, 5.41) is 17.3. The molecule has 0 spiro atoms. The monoisotopic (exact) mass is 645 g/mol. The first kappa shape index (κ1) is 32.8. The quantitative estimate of drug-likeness (QED) is 0.269. The van der Waals surface area contributed by atoms with E-state index in [0.717, 1.165) is 55.4 Å². The predicted molar refractivity (Wildman–Crippen MR) is 178 cm³/mol. The Labute approximate surface area is 276 Å². The Bertz CT molecular complexity index is 1550. The maximum atomic E-state index is 13.4. The van der Waals surface area contributed by atoms with Gasteiger partial charge in [0.25, 0.3) is 5.91 Å². The number of carbonyl (C=O) groups is 2. The van der Waals surface area contributed by atoms with E-state index in [2.05, 4.69) is 37.6 Å². The lowest BCUT2D eigenvalue weighted by Gasteiger charge is -2.36. The van der Waals surface area contributed by atoms with Gasteiger partial charge in [0.05, 0.1) is 11.8 Å². The van der Waals surface area contributed by atoms with Crippen molar-refractivity contribution >= 4 is 23.5 Å². The number of anilines is 2. The van der Waals surface area contributed by atoms with Gasteiger partial charge in [-0.05, 0) is 68.0 Å². The largest absolute Gasteiger partial charge is 0.486 e. The van der Waals surface area contributed by atoms with Crippen molar-refractivity contribution in [3.63, 3.8) is 0 Å². The number of carbonyl (C=O) groups excluding carboxylic acids is 2. The first-order chi connectivity index (χ1) is 22.7. The van der Waals surface area contributed by atoms with Crippen LogP contribution in [0.2, 0.25) is 0 Å². The van der Waals surface area contributed by atoms with Crippen molar-refractivity contribution in [2.75, 3.05) is 56.0 Å². The molecule has 3 N–H and O–H groups in total. The lowest BCUT2D eigenvalue weighted by molar-refractivity contribution is -0.134. The van der Waals surface area contributed by atoms with Gasteiger partial charge in [-0.3, -0.25) is 14.5 Å². The average molecular weight is 646 g/mol. The second-order valence-electron chi connectivity index (χ2n) is 13.3. The number of aryl methyl sites for hydroxylation is 1. The average Bonchev–Trinajstić information content (AvgIpc) is 3.48. The van der Waals surface area contributed by atoms with Gasteiger partial charge in [0.2, 0.25) is 5.91 Å². The molecule has 2 aromatic heterocycles. The molecule has 0 unspecified atom stereocenters. The Morgan fingerprint density at radius 2 is 1.89 bits per heavy atom. The molecule has 0 bridgehead atoms. The number of aromatic nitrogens is 2. The first-order valence-corrected chi connectivity index (χ1v) is 16.9. The van der Waals surface area contributed by atoms with E-state index in [9.17, 15) is 14.7 Å². The molecule has 3 aliphatic rings. The van der Waals surface area contributed by atoms with E-state index in [1.165, 1.54) is 23.9 Å². The van der Waals surface area contributed by atoms with E-state index in [1.807, 2.05) is 37.8 Å². The molecule has 1 saturated heterocycles. The van der Waals surface area contributed by atoms with Gasteiger partial charge in [-0.15, -0.1) is 0 Å². The molecule has 2 amide bonds. The van der Waals surface area contributed by atoms with E-state index in [-0.39, 0.29) is 24.3 Å². The maximum absolute atomic E-state index is 13.4. The van der Waals surface area contributed by atoms with Crippen LogP contribution in [0.1, 0.15) is 66.0 Å². The predicted octanol–water partition coefficient (Wildman–Crippen LogP) is 3.38. The number of amides is 2. The minimum Gasteiger partial charge on any atom is -0.486 e. The van der Waals surface area contributed by atoms with Gasteiger partial charge in [-0.1, -0.05) is 19.9 Å². The fraction of sp³-hybridized carbons (Fsp3) is 0.543. The number of aliphatic hydroxyl groups is 1. The zero-order chi connectivity index (χ0) is 32.9. The molecule has 2 fully saturated rings. The highest BCUT2D eigenvalue weighted by Crippen LogP contribution is 2.27. The highest BCUT2D eigenvalue weighted by Gasteiger charge is 2.26. The van der Waals surface area contributed by atoms with Crippen LogP contribution in [0.4, 0.5) is 11.6 Å². The summed E-state index contributed by atoms with van der Waals surface area (Å²) in [6, 6.07) is 10.1. The topological polar surface area (TPSA) is 136 Å². The molecule has 47 heavy (non-hydrogen) atoms. The summed E-state index contributed by atoms with van der Waals surface area (Å²) < 4.78 is 11.3. The summed E-state index contributed by atoms with van der Waals surface area (Å²) in [6.07, 6.45) is 4.94. The van der Waals surface area contributed by atoms with Crippen molar-refractivity contribution < 1.29 is 23.8 Å². The Morgan fingerprint density at radius 1 is 1.09 bits per heavy atom. The summed E-state index contributed by atoms with van der Waals surface area (Å²) in [5.74, 6) is 2.83. The maximum Gasteiger partial charge on any atom is 0.251 e. The molecule has 2 aliphatic heterocycles. The van der Waals surface area contributed by atoms with Crippen LogP contribution >= 0.6 is 0 Å². The third-order valence-electron chi connectivity index (χ3n) is 9.39. The molecule has 1 aliphatic carbocycles. The van der Waals surface area contributed by atoms with Crippen LogP contribution in [-0.4, -0.2) is 94.6 Å². The fourth-order valence-corrected chi connectivity index (χ4v) is 6.29. The zero-order valence-corrected chi connectivity index (χ0v) is 27.7. The van der Waals surface area contributed by atoms with E-state index in [0.29, 0.717) is 56.8 Å². The molecule has 1 saturated carbocycles. The number of β-amino-alcohol motifs (C(OH)–C–C–N with tert-alkyl or cyclic N) is 1. The molecule has 0 radical (unpaired) electrons. The number of oxazole rings is 1. The molecule has 6 rings (SSSR count). The first-order valence-electron chi connectivity index (χ1n) is 16.9. The standard InChI is InChI=1S/C35H47N7O5/c1-23(2)35(45)42-13-11-41(12-14-42)33-17-27(16-32(39-33)38-28-5-4-6-28)34(44)36-18-29(43)20-40-10-9-25-15-30(8-7-26(25)19-40)46-21-31-24(3)37-22-47-31/h7-8,15-17,22-23,28-29,43H,4-6,9-14,18-21H2,1-3H3,(H,36,44)(H,38,39)/t29-/m0/s1. The number of pyridine rings is 1. The van der Waals surface area contributed by atoms with Gasteiger partial charge in [0.1, 0.15) is 24.0 Å². The van der Waals surface area contributed by atoms with Gasteiger partial charge < -0.3 is 34.7 Å². The second-order valence-corrected chi connectivity index (χ2v) is 13.3. The molecular formula is C35H47N7O5. The number of hydrogen-bond donors (Lipinski definition) is 3. The summed E-state index contributed by atoms with van der Waals surface area (Å²) in [4.78, 5) is 41.1. The number of fused-ring (bicyclic) bond motifs is 1. The van der Waals surface area contributed by atoms with Gasteiger partial charge in [-0.2, -0.15) is 0 Å². The summed E-state index contributed by atoms with van der Waals surface area (Å²) in [5.41, 5.74) is 3.79. The molecule has 1 atom stereocenters. The Kier molecular flexibility index (Phi) is 10.3. The minimum absolute atomic E-state index is 0.0271. The highest BCUT2D eigenvalue weighted by molar-refractivity contribution is 5.95. The number of piperazine rings is 1. The fourth-order valence-electron chi connectivity index (χ4n) is 6.29. The van der Waals surface area contributed by atoms with Gasteiger partial charge in [0, 0.05) is 69.9 Å². The van der Waals surface area contributed by atoms with Crippen LogP contribution in [0.15, 0.2) is 41.1 Å². The lowest BCUT2D eigenvalue weighted by Crippen LogP contribution is -2.50. The number of nitrogens with zero attached hydrogens (tertiary/aromatic N) is 5. The lowest BCUT2D eigenvalue weighted by atomic mass is 9.93. The zero-order valence-electron chi connectivity index (χ0n) is 27.7. The molecule has 4 heterocycles. The molecule has 1 aromatic carbocycles. The van der Waals surface area contributed by atoms with Crippen LogP contribution < -0.4 is 20.3 Å². The number of hydrogen-bond acceptors (Lipinski definition) is 10. The molecule has 3 aromatic rings. The van der Waals surface area contributed by atoms with E-state index < -0.39 is 6.10 Å². The summed E-state index contributed by atoms with van der Waals surface area (Å²) in [7, 11) is 0. The van der Waals surface area contributed by atoms with Gasteiger partial charge >= 0.3 is 0 Å². The van der Waals surface area contributed by atoms with Crippen molar-refractivity contribution in [1.82, 2.24) is 25.1 Å². The van der Waals surface area contributed by atoms with Gasteiger partial charge in [-0.25, -0.2) is 9.97 Å². The third kappa shape index (κ3) is 8.23. The number of benzene rings is 1. The van der Waals surface area contributed by atoms with Crippen molar-refractivity contribution in [1.29, 1.82) is 0 Å². The normalized spacial score (nSPS) is 17.6. The van der Waals surface area contributed by atoms with E-state index in [1.54, 1.807) is 6.07 Å². The second kappa shape index (κ2) is 14.7. The van der Waals surface area contributed by atoms with Crippen LogP contribution in [0, 0.1) is 12.8 Å². The Hall–Kier alpha value is -4.16. The molecule has 12 heteroatoms. The summed E-state index contributed by atoms with van der Waals surface area (Å²) >= 11 is 0. The SMILES string of the molecule is Cc1ncoc1COc1ccc2c(c1)CCN(C[C@@H](O)CNC(=O)c1cc(NC3CCC3)nc(N3CCN(C(=O)C(C)C)CC3)c1)C2. The number of nitrogens with one attached hydrogen (secondary N) is 2. The third-order valence-corrected chi connectivity index (χ3v) is 9.39. The van der Waals surface area contributed by atoms with E-state index >= 15 is 0 Å². The Balaban J connectivity index is 1.02. The summed E-state index contributed by atoms with van der Waals surface area (Å²) in [6.45, 7) is 10.8. The minimum atomic E-state index is -0.714. The smallest absolute Gasteiger partial charge is 0.251 e. The molecule has 252 valence electrons. The van der Waals surface area contributed by atoms with Crippen molar-refractivity contribution in [3.05, 3.63) is 64.9 Å². The van der Waals surface area contributed by atoms with Crippen LogP contribution in [-0.2, 0) is 24.4 Å².